The molecule has 3 N–H and O–H groups in total. The Kier molecular flexibility index (Phi) is 2.25. The number of hydrogen-bond donors (Lipinski definition) is 2. The SMILES string of the molecule is N=NC1(c2ccccc2)C=CC=C(N)O1. The van der Waals surface area contributed by atoms with Crippen molar-refractivity contribution in [3.8, 4) is 0 Å². The molecule has 15 heavy (non-hydrogen) atoms. The van der Waals surface area contributed by atoms with E-state index in [1.807, 2.05) is 30.3 Å². The van der Waals surface area contributed by atoms with Crippen LogP contribution < -0.4 is 5.73 Å². The van der Waals surface area contributed by atoms with Crippen LogP contribution in [0, 0.1) is 5.53 Å². The monoisotopic (exact) mass is 201 g/mol. The molecule has 0 spiro atoms. The van der Waals surface area contributed by atoms with Crippen molar-refractivity contribution in [2.24, 2.45) is 10.8 Å². The van der Waals surface area contributed by atoms with E-state index in [1.54, 1.807) is 18.2 Å². The van der Waals surface area contributed by atoms with E-state index < -0.39 is 5.72 Å². The van der Waals surface area contributed by atoms with Crippen molar-refractivity contribution in [3.05, 3.63) is 60.0 Å². The zero-order valence-electron chi connectivity index (χ0n) is 8.05. The molecule has 1 aromatic carbocycles. The molecule has 4 nitrogen and oxygen atoms in total. The first-order valence-corrected chi connectivity index (χ1v) is 4.55. The third-order valence-corrected chi connectivity index (χ3v) is 2.21. The van der Waals surface area contributed by atoms with Gasteiger partial charge in [-0.15, -0.1) is 5.11 Å². The Morgan fingerprint density at radius 3 is 2.60 bits per heavy atom. The number of allylic oxidation sites excluding steroid dienone is 2. The normalized spacial score (nSPS) is 24.1. The third-order valence-electron chi connectivity index (χ3n) is 2.21. The van der Waals surface area contributed by atoms with Gasteiger partial charge in [-0.1, -0.05) is 36.4 Å². The number of nitrogens with one attached hydrogen (secondary N) is 1. The molecule has 0 fully saturated rings. The molecule has 1 aliphatic rings. The average molecular weight is 201 g/mol. The van der Waals surface area contributed by atoms with Gasteiger partial charge in [0.05, 0.1) is 0 Å². The molecule has 1 aliphatic heterocycles. The molecule has 2 rings (SSSR count). The van der Waals surface area contributed by atoms with Crippen LogP contribution in [-0.4, -0.2) is 0 Å². The minimum absolute atomic E-state index is 0.261. The van der Waals surface area contributed by atoms with Gasteiger partial charge in [0.1, 0.15) is 0 Å². The molecule has 0 bridgehead atoms. The second-order valence-corrected chi connectivity index (χ2v) is 3.20. The molecular weight excluding hydrogens is 190 g/mol. The van der Waals surface area contributed by atoms with Crippen LogP contribution in [0.25, 0.3) is 0 Å². The van der Waals surface area contributed by atoms with Gasteiger partial charge in [0.2, 0.25) is 0 Å². The highest BCUT2D eigenvalue weighted by Crippen LogP contribution is 2.32. The zero-order valence-corrected chi connectivity index (χ0v) is 8.05. The lowest BCUT2D eigenvalue weighted by Gasteiger charge is -2.28. The van der Waals surface area contributed by atoms with Gasteiger partial charge < -0.3 is 10.5 Å². The summed E-state index contributed by atoms with van der Waals surface area (Å²) in [4.78, 5) is 0. The fourth-order valence-electron chi connectivity index (χ4n) is 1.48. The topological polar surface area (TPSA) is 71.5 Å². The molecule has 0 aliphatic carbocycles. The fraction of sp³-hybridized carbons (Fsp3) is 0.0909. The van der Waals surface area contributed by atoms with E-state index in [-0.39, 0.29) is 5.88 Å². The van der Waals surface area contributed by atoms with E-state index in [9.17, 15) is 0 Å². The number of benzene rings is 1. The number of rotatable bonds is 2. The van der Waals surface area contributed by atoms with Gasteiger partial charge in [0.25, 0.3) is 5.72 Å². The Morgan fingerprint density at radius 1 is 1.27 bits per heavy atom. The van der Waals surface area contributed by atoms with Gasteiger partial charge in [-0.3, -0.25) is 0 Å². The van der Waals surface area contributed by atoms with Crippen molar-refractivity contribution >= 4 is 0 Å². The molecule has 1 heterocycles. The summed E-state index contributed by atoms with van der Waals surface area (Å²) in [6.07, 6.45) is 5.07. The highest BCUT2D eigenvalue weighted by Gasteiger charge is 2.33. The summed E-state index contributed by atoms with van der Waals surface area (Å²) in [7, 11) is 0. The number of ether oxygens (including phenoxy) is 1. The third kappa shape index (κ3) is 1.61. The van der Waals surface area contributed by atoms with Crippen LogP contribution in [0.15, 0.2) is 59.6 Å². The van der Waals surface area contributed by atoms with Crippen molar-refractivity contribution in [2.75, 3.05) is 0 Å². The number of hydrogen-bond acceptors (Lipinski definition) is 4. The second-order valence-electron chi connectivity index (χ2n) is 3.20. The maximum Gasteiger partial charge on any atom is 0.265 e. The van der Waals surface area contributed by atoms with Gasteiger partial charge in [-0.05, 0) is 12.2 Å². The summed E-state index contributed by atoms with van der Waals surface area (Å²) < 4.78 is 5.41. The molecular formula is C11H11N3O. The van der Waals surface area contributed by atoms with E-state index in [2.05, 4.69) is 5.11 Å². The van der Waals surface area contributed by atoms with E-state index in [1.165, 1.54) is 0 Å². The fourth-order valence-corrected chi connectivity index (χ4v) is 1.48. The lowest BCUT2D eigenvalue weighted by atomic mass is 10.0. The van der Waals surface area contributed by atoms with Crippen molar-refractivity contribution in [1.29, 1.82) is 5.53 Å². The highest BCUT2D eigenvalue weighted by atomic mass is 16.5. The Balaban J connectivity index is 2.44. The second kappa shape index (κ2) is 3.57. The van der Waals surface area contributed by atoms with Gasteiger partial charge in [-0.2, -0.15) is 0 Å². The molecule has 4 heteroatoms. The maximum absolute atomic E-state index is 7.24. The van der Waals surface area contributed by atoms with Crippen molar-refractivity contribution in [2.45, 2.75) is 5.72 Å². The van der Waals surface area contributed by atoms with E-state index in [0.717, 1.165) is 5.56 Å². The number of nitrogens with zero attached hydrogens (tertiary/aromatic N) is 1. The molecule has 0 radical (unpaired) electrons. The zero-order chi connectivity index (χ0) is 10.7. The van der Waals surface area contributed by atoms with Crippen LogP contribution in [0.2, 0.25) is 0 Å². The Morgan fingerprint density at radius 2 is 2.00 bits per heavy atom. The predicted molar refractivity (Wildman–Crippen MR) is 55.8 cm³/mol. The average Bonchev–Trinajstić information content (AvgIpc) is 2.30. The first kappa shape index (κ1) is 9.45. The standard InChI is InChI=1S/C11H11N3O/c12-10-7-4-8-11(14-13,15-10)9-5-2-1-3-6-9/h1-8,13H,12H2. The van der Waals surface area contributed by atoms with Crippen LogP contribution in [0.4, 0.5) is 0 Å². The molecule has 0 amide bonds. The summed E-state index contributed by atoms with van der Waals surface area (Å²) in [6.45, 7) is 0. The predicted octanol–water partition coefficient (Wildman–Crippen LogP) is 2.26. The smallest absolute Gasteiger partial charge is 0.265 e. The summed E-state index contributed by atoms with van der Waals surface area (Å²) in [5, 5.41) is 3.52. The van der Waals surface area contributed by atoms with Crippen LogP contribution >= 0.6 is 0 Å². The summed E-state index contributed by atoms with van der Waals surface area (Å²) in [6, 6.07) is 9.33. The van der Waals surface area contributed by atoms with Gasteiger partial charge >= 0.3 is 0 Å². The molecule has 0 saturated heterocycles. The van der Waals surface area contributed by atoms with E-state index in [0.29, 0.717) is 0 Å². The Bertz CT molecular complexity index is 425. The lowest BCUT2D eigenvalue weighted by Crippen LogP contribution is -2.28. The van der Waals surface area contributed by atoms with Crippen molar-refractivity contribution in [1.82, 2.24) is 0 Å². The van der Waals surface area contributed by atoms with Crippen molar-refractivity contribution in [3.63, 3.8) is 0 Å². The van der Waals surface area contributed by atoms with Gasteiger partial charge in [-0.25, -0.2) is 5.53 Å². The number of nitrogens with two attached hydrogens (primary N) is 1. The van der Waals surface area contributed by atoms with Crippen LogP contribution in [0.3, 0.4) is 0 Å². The molecule has 76 valence electrons. The highest BCUT2D eigenvalue weighted by molar-refractivity contribution is 5.31. The quantitative estimate of drug-likeness (QED) is 0.720. The minimum atomic E-state index is -1.10. The molecule has 0 aromatic heterocycles. The lowest BCUT2D eigenvalue weighted by molar-refractivity contribution is 0.0354. The van der Waals surface area contributed by atoms with Crippen LogP contribution in [-0.2, 0) is 10.5 Å². The van der Waals surface area contributed by atoms with Gasteiger partial charge in [0, 0.05) is 5.56 Å². The molecule has 0 saturated carbocycles. The first-order chi connectivity index (χ1) is 7.27. The summed E-state index contributed by atoms with van der Waals surface area (Å²) in [5.41, 5.74) is 12.5. The summed E-state index contributed by atoms with van der Waals surface area (Å²) in [5.74, 6) is 0.261. The van der Waals surface area contributed by atoms with Gasteiger partial charge in [0.15, 0.2) is 5.88 Å². The van der Waals surface area contributed by atoms with Crippen molar-refractivity contribution < 1.29 is 4.74 Å². The molecule has 1 atom stereocenters. The molecule has 1 aromatic rings. The largest absolute Gasteiger partial charge is 0.442 e. The molecule has 1 unspecified atom stereocenters. The Hall–Kier alpha value is -2.10. The van der Waals surface area contributed by atoms with E-state index in [4.69, 9.17) is 16.0 Å². The van der Waals surface area contributed by atoms with Crippen LogP contribution in [0.5, 0.6) is 0 Å². The summed E-state index contributed by atoms with van der Waals surface area (Å²) >= 11 is 0. The van der Waals surface area contributed by atoms with E-state index >= 15 is 0 Å². The maximum atomic E-state index is 7.24. The first-order valence-electron chi connectivity index (χ1n) is 4.55. The minimum Gasteiger partial charge on any atom is -0.442 e. The van der Waals surface area contributed by atoms with Crippen LogP contribution in [0.1, 0.15) is 5.56 Å². The Labute approximate surface area is 87.6 Å².